The second-order valence-electron chi connectivity index (χ2n) is 9.61. The molecule has 9 nitrogen and oxygen atoms in total. The van der Waals surface area contributed by atoms with Crippen LogP contribution in [0.3, 0.4) is 0 Å². The highest BCUT2D eigenvalue weighted by molar-refractivity contribution is 5.91. The topological polar surface area (TPSA) is 89.1 Å². The third-order valence-corrected chi connectivity index (χ3v) is 7.12. The molecule has 0 spiro atoms. The average Bonchev–Trinajstić information content (AvgIpc) is 2.94. The molecule has 1 N–H and O–H groups in total. The number of methoxy groups -OCH3 is 1. The normalized spacial score (nSPS) is 17.9. The minimum Gasteiger partial charge on any atom is -0.493 e. The highest BCUT2D eigenvalue weighted by atomic mass is 16.5. The van der Waals surface area contributed by atoms with E-state index in [4.69, 9.17) is 14.2 Å². The standard InChI is InChI=1S/C28H35N5O4/c1-20(21-6-4-3-5-7-21)31-28-23-16-26(25(35-2)17-24(23)29-19-30-28)37-22-8-10-33(11-9-22)27(34)18-32-12-14-36-15-13-32/h3-7,16-17,19-20,22H,8-15,18H2,1-2H3,(H,29,30,31)/t20-/m1/s1. The van der Waals surface area contributed by atoms with E-state index in [9.17, 15) is 4.79 Å². The van der Waals surface area contributed by atoms with Crippen molar-refractivity contribution in [3.63, 3.8) is 0 Å². The third-order valence-electron chi connectivity index (χ3n) is 7.12. The fourth-order valence-electron chi connectivity index (χ4n) is 4.91. The number of anilines is 1. The predicted octanol–water partition coefficient (Wildman–Crippen LogP) is 3.51. The molecule has 9 heteroatoms. The minimum absolute atomic E-state index is 0.00284. The zero-order valence-electron chi connectivity index (χ0n) is 21.6. The molecule has 3 aromatic rings. The summed E-state index contributed by atoms with van der Waals surface area (Å²) >= 11 is 0. The van der Waals surface area contributed by atoms with Gasteiger partial charge in [-0.1, -0.05) is 30.3 Å². The summed E-state index contributed by atoms with van der Waals surface area (Å²) in [5.41, 5.74) is 1.96. The van der Waals surface area contributed by atoms with Crippen LogP contribution in [-0.4, -0.2) is 84.8 Å². The Kier molecular flexibility index (Phi) is 8.01. The Balaban J connectivity index is 1.26. The maximum Gasteiger partial charge on any atom is 0.236 e. The van der Waals surface area contributed by atoms with Crippen LogP contribution in [0.1, 0.15) is 31.4 Å². The molecule has 5 rings (SSSR count). The molecule has 0 unspecified atom stereocenters. The number of amides is 1. The van der Waals surface area contributed by atoms with Gasteiger partial charge in [0.05, 0.1) is 32.4 Å². The fraction of sp³-hybridized carbons (Fsp3) is 0.464. The highest BCUT2D eigenvalue weighted by Gasteiger charge is 2.26. The highest BCUT2D eigenvalue weighted by Crippen LogP contribution is 2.36. The number of rotatable bonds is 8. The Labute approximate surface area is 217 Å². The van der Waals surface area contributed by atoms with Gasteiger partial charge >= 0.3 is 0 Å². The first-order chi connectivity index (χ1) is 18.1. The van der Waals surface area contributed by atoms with Crippen molar-refractivity contribution in [3.05, 3.63) is 54.4 Å². The van der Waals surface area contributed by atoms with Gasteiger partial charge < -0.3 is 24.4 Å². The lowest BCUT2D eigenvalue weighted by Crippen LogP contribution is -2.48. The maximum absolute atomic E-state index is 12.8. The van der Waals surface area contributed by atoms with Crippen LogP contribution >= 0.6 is 0 Å². The van der Waals surface area contributed by atoms with Crippen molar-refractivity contribution in [2.75, 3.05) is 58.4 Å². The van der Waals surface area contributed by atoms with Crippen LogP contribution in [0.2, 0.25) is 0 Å². The lowest BCUT2D eigenvalue weighted by atomic mass is 10.1. The molecule has 0 bridgehead atoms. The molecule has 0 radical (unpaired) electrons. The van der Waals surface area contributed by atoms with Crippen LogP contribution < -0.4 is 14.8 Å². The SMILES string of the molecule is COc1cc2ncnc(N[C@H](C)c3ccccc3)c2cc1OC1CCN(C(=O)CN2CCOCC2)CC1. The van der Waals surface area contributed by atoms with Crippen molar-refractivity contribution in [2.24, 2.45) is 0 Å². The third kappa shape index (κ3) is 6.11. The van der Waals surface area contributed by atoms with Crippen molar-refractivity contribution in [1.82, 2.24) is 19.8 Å². The smallest absolute Gasteiger partial charge is 0.236 e. The number of piperidine rings is 1. The predicted molar refractivity (Wildman–Crippen MR) is 142 cm³/mol. The number of ether oxygens (including phenoxy) is 3. The van der Waals surface area contributed by atoms with E-state index in [1.807, 2.05) is 35.2 Å². The van der Waals surface area contributed by atoms with Crippen molar-refractivity contribution < 1.29 is 19.0 Å². The summed E-state index contributed by atoms with van der Waals surface area (Å²) in [6, 6.07) is 14.2. The maximum atomic E-state index is 12.8. The molecular weight excluding hydrogens is 470 g/mol. The molecule has 1 amide bonds. The van der Waals surface area contributed by atoms with Gasteiger partial charge in [0.2, 0.25) is 5.91 Å². The summed E-state index contributed by atoms with van der Waals surface area (Å²) in [6.45, 7) is 6.98. The van der Waals surface area contributed by atoms with E-state index >= 15 is 0 Å². The van der Waals surface area contributed by atoms with E-state index in [-0.39, 0.29) is 18.1 Å². The van der Waals surface area contributed by atoms with Crippen molar-refractivity contribution in [3.8, 4) is 11.5 Å². The molecule has 196 valence electrons. The van der Waals surface area contributed by atoms with Crippen LogP contribution in [0, 0.1) is 0 Å². The lowest BCUT2D eigenvalue weighted by molar-refractivity contribution is -0.135. The molecule has 3 heterocycles. The minimum atomic E-state index is 0.00284. The Morgan fingerprint density at radius 2 is 1.84 bits per heavy atom. The summed E-state index contributed by atoms with van der Waals surface area (Å²) in [4.78, 5) is 25.9. The van der Waals surface area contributed by atoms with E-state index in [0.29, 0.717) is 44.3 Å². The van der Waals surface area contributed by atoms with Gasteiger partial charge in [-0.2, -0.15) is 0 Å². The van der Waals surface area contributed by atoms with Gasteiger partial charge in [-0.25, -0.2) is 9.97 Å². The van der Waals surface area contributed by atoms with Crippen LogP contribution in [-0.2, 0) is 9.53 Å². The van der Waals surface area contributed by atoms with Gasteiger partial charge in [0, 0.05) is 56.5 Å². The Morgan fingerprint density at radius 1 is 1.08 bits per heavy atom. The molecule has 1 aromatic heterocycles. The Hall–Kier alpha value is -3.43. The number of nitrogens with one attached hydrogen (secondary N) is 1. The van der Waals surface area contributed by atoms with Crippen LogP contribution in [0.4, 0.5) is 5.82 Å². The van der Waals surface area contributed by atoms with E-state index in [1.54, 1.807) is 13.4 Å². The quantitative estimate of drug-likeness (QED) is 0.498. The van der Waals surface area contributed by atoms with Gasteiger partial charge in [0.25, 0.3) is 0 Å². The van der Waals surface area contributed by atoms with E-state index in [0.717, 1.165) is 42.7 Å². The second-order valence-corrected chi connectivity index (χ2v) is 9.61. The average molecular weight is 506 g/mol. The van der Waals surface area contributed by atoms with Gasteiger partial charge in [0.15, 0.2) is 11.5 Å². The van der Waals surface area contributed by atoms with Crippen molar-refractivity contribution in [1.29, 1.82) is 0 Å². The number of carbonyl (C=O) groups excluding carboxylic acids is 1. The molecule has 2 saturated heterocycles. The van der Waals surface area contributed by atoms with Gasteiger partial charge in [0.1, 0.15) is 18.2 Å². The summed E-state index contributed by atoms with van der Waals surface area (Å²) in [5, 5.41) is 4.39. The van der Waals surface area contributed by atoms with E-state index in [1.165, 1.54) is 5.56 Å². The first-order valence-electron chi connectivity index (χ1n) is 13.0. The first kappa shape index (κ1) is 25.2. The van der Waals surface area contributed by atoms with E-state index in [2.05, 4.69) is 39.2 Å². The van der Waals surface area contributed by atoms with E-state index < -0.39 is 0 Å². The first-order valence-corrected chi connectivity index (χ1v) is 13.0. The molecule has 0 aliphatic carbocycles. The molecule has 2 aliphatic rings. The molecule has 0 saturated carbocycles. The Morgan fingerprint density at radius 3 is 2.57 bits per heavy atom. The number of aromatic nitrogens is 2. The largest absolute Gasteiger partial charge is 0.493 e. The second kappa shape index (κ2) is 11.7. The molecule has 2 aromatic carbocycles. The van der Waals surface area contributed by atoms with Crippen LogP contribution in [0.5, 0.6) is 11.5 Å². The number of fused-ring (bicyclic) bond motifs is 1. The molecule has 2 aliphatic heterocycles. The number of benzene rings is 2. The molecular formula is C28H35N5O4. The number of hydrogen-bond acceptors (Lipinski definition) is 8. The van der Waals surface area contributed by atoms with Crippen LogP contribution in [0.25, 0.3) is 10.9 Å². The molecule has 2 fully saturated rings. The van der Waals surface area contributed by atoms with Gasteiger partial charge in [-0.15, -0.1) is 0 Å². The monoisotopic (exact) mass is 505 g/mol. The number of morpholine rings is 1. The zero-order chi connectivity index (χ0) is 25.6. The number of nitrogens with zero attached hydrogens (tertiary/aromatic N) is 4. The number of likely N-dealkylation sites (tertiary alicyclic amines) is 1. The summed E-state index contributed by atoms with van der Waals surface area (Å²) in [6.07, 6.45) is 3.11. The van der Waals surface area contributed by atoms with Crippen molar-refractivity contribution in [2.45, 2.75) is 31.9 Å². The van der Waals surface area contributed by atoms with Crippen molar-refractivity contribution >= 4 is 22.6 Å². The van der Waals surface area contributed by atoms with Gasteiger partial charge in [-0.05, 0) is 18.6 Å². The Bertz CT molecular complexity index is 1190. The van der Waals surface area contributed by atoms with Crippen LogP contribution in [0.15, 0.2) is 48.8 Å². The summed E-state index contributed by atoms with van der Waals surface area (Å²) in [5.74, 6) is 2.24. The lowest BCUT2D eigenvalue weighted by Gasteiger charge is -2.34. The summed E-state index contributed by atoms with van der Waals surface area (Å²) in [7, 11) is 1.64. The number of hydrogen-bond donors (Lipinski definition) is 1. The zero-order valence-corrected chi connectivity index (χ0v) is 21.6. The fourth-order valence-corrected chi connectivity index (χ4v) is 4.91. The molecule has 37 heavy (non-hydrogen) atoms. The molecule has 1 atom stereocenters. The summed E-state index contributed by atoms with van der Waals surface area (Å²) < 4.78 is 17.5. The van der Waals surface area contributed by atoms with Gasteiger partial charge in [-0.3, -0.25) is 9.69 Å². The number of carbonyl (C=O) groups is 1.